The highest BCUT2D eigenvalue weighted by molar-refractivity contribution is 6.29. The van der Waals surface area contributed by atoms with Gasteiger partial charge in [-0.2, -0.15) is 39.5 Å². The number of nitrogen functional groups attached to an aromatic ring is 1. The number of para-hydroxylation sites is 3. The lowest BCUT2D eigenvalue weighted by Gasteiger charge is -2.17. The van der Waals surface area contributed by atoms with Crippen molar-refractivity contribution in [2.75, 3.05) is 95.7 Å². The summed E-state index contributed by atoms with van der Waals surface area (Å²) < 4.78 is 121. The van der Waals surface area contributed by atoms with Crippen LogP contribution in [0.3, 0.4) is 0 Å². The zero-order valence-electron chi connectivity index (χ0n) is 54.8. The molecule has 0 aliphatic carbocycles. The van der Waals surface area contributed by atoms with E-state index in [9.17, 15) is 68.3 Å². The van der Waals surface area contributed by atoms with Gasteiger partial charge in [-0.05, 0) is 115 Å². The van der Waals surface area contributed by atoms with Crippen LogP contribution >= 0.6 is 11.6 Å². The van der Waals surface area contributed by atoms with Crippen molar-refractivity contribution in [2.45, 2.75) is 18.5 Å². The Labute approximate surface area is 573 Å². The van der Waals surface area contributed by atoms with Gasteiger partial charge in [0.05, 0.1) is 67.5 Å². The van der Waals surface area contributed by atoms with Crippen molar-refractivity contribution in [3.8, 4) is 0 Å². The van der Waals surface area contributed by atoms with Crippen LogP contribution in [0.1, 0.15) is 78.8 Å². The highest BCUT2D eigenvalue weighted by atomic mass is 35.5. The number of nitrogens with zero attached hydrogens (tertiary/aromatic N) is 6. The lowest BCUT2D eigenvalue weighted by molar-refractivity contribution is -0.138. The van der Waals surface area contributed by atoms with E-state index in [0.29, 0.717) is 39.9 Å². The largest absolute Gasteiger partial charge is 0.419 e. The van der Waals surface area contributed by atoms with E-state index in [4.69, 9.17) is 17.3 Å². The van der Waals surface area contributed by atoms with Crippen molar-refractivity contribution >= 4 is 110 Å². The molecule has 524 valence electrons. The molecule has 0 unspecified atom stereocenters. The number of nitrogens with one attached hydrogen (secondary N) is 8. The predicted molar refractivity (Wildman–Crippen MR) is 366 cm³/mol. The summed E-state index contributed by atoms with van der Waals surface area (Å²) in [6, 6.07) is 42.0. The molecule has 0 bridgehead atoms. The Morgan fingerprint density at radius 3 is 0.920 bits per heavy atom. The number of amides is 6. The lowest BCUT2D eigenvalue weighted by Crippen LogP contribution is -2.21. The molecule has 3 aromatic heterocycles. The van der Waals surface area contributed by atoms with Crippen LogP contribution in [0.5, 0.6) is 0 Å². The minimum absolute atomic E-state index is 0.00463. The second-order valence-electron chi connectivity index (χ2n) is 21.7. The molecule has 0 spiro atoms. The Morgan fingerprint density at radius 1 is 0.370 bits per heavy atom. The summed E-state index contributed by atoms with van der Waals surface area (Å²) in [7, 11) is 14.3. The number of anilines is 11. The van der Waals surface area contributed by atoms with Gasteiger partial charge in [-0.1, -0.05) is 48.0 Å². The number of hydrogen-bond acceptors (Lipinski definition) is 15. The Hall–Kier alpha value is -12.0. The summed E-state index contributed by atoms with van der Waals surface area (Å²) in [6.45, 7) is 0. The molecule has 9 aromatic rings. The van der Waals surface area contributed by atoms with Gasteiger partial charge in [0.15, 0.2) is 0 Å². The van der Waals surface area contributed by atoms with Crippen LogP contribution in [0.4, 0.5) is 102 Å². The Balaban J connectivity index is 0.000000221. The Bertz CT molecular complexity index is 4170. The molecule has 0 fully saturated rings. The first-order valence-electron chi connectivity index (χ1n) is 29.5. The van der Waals surface area contributed by atoms with Crippen molar-refractivity contribution in [2.24, 2.45) is 0 Å². The van der Waals surface area contributed by atoms with Gasteiger partial charge in [0.1, 0.15) is 16.8 Å². The molecule has 6 aromatic carbocycles. The van der Waals surface area contributed by atoms with E-state index < -0.39 is 52.9 Å². The molecule has 0 aliphatic rings. The number of benzene rings is 6. The highest BCUT2D eigenvalue weighted by Gasteiger charge is 2.37. The van der Waals surface area contributed by atoms with Gasteiger partial charge in [0.25, 0.3) is 35.4 Å². The number of nitrogens with two attached hydrogens (primary N) is 1. The van der Waals surface area contributed by atoms with Gasteiger partial charge < -0.3 is 63.0 Å². The van der Waals surface area contributed by atoms with E-state index in [1.165, 1.54) is 84.4 Å². The number of aromatic nitrogens is 3. The van der Waals surface area contributed by atoms with Crippen LogP contribution in [0, 0.1) is 0 Å². The third-order valence-electron chi connectivity index (χ3n) is 13.8. The number of halogens is 10. The SMILES string of the molecule is CN(C)C(=O)c1ccc(N)cc1.CNC(=O)c1ccccc1Nc1cc(Cl)ncc1C(F)(F)F.CNC(=O)c1ccccc1Nc1cc(Nc2ccc(C(=O)N(C)C)cc2)ncc1C(F)(F)F.CNC(=O)c1ccccc1Nc1cc(Nc2ccc(C(=O)N(C)C)cc2)ncc1C(F)(F)F. The zero-order chi connectivity index (χ0) is 73.8. The van der Waals surface area contributed by atoms with Crippen molar-refractivity contribution in [1.82, 2.24) is 45.6 Å². The summed E-state index contributed by atoms with van der Waals surface area (Å²) in [5.74, 6) is -1.35. The molecular formula is C69H67ClF9N15O6. The number of carbonyl (C=O) groups is 6. The van der Waals surface area contributed by atoms with Gasteiger partial charge in [-0.15, -0.1) is 0 Å². The summed E-state index contributed by atoms with van der Waals surface area (Å²) in [5.41, 5.74) is 6.35. The van der Waals surface area contributed by atoms with Gasteiger partial charge in [0, 0.05) is 128 Å². The van der Waals surface area contributed by atoms with Gasteiger partial charge >= 0.3 is 18.5 Å². The van der Waals surface area contributed by atoms with Crippen LogP contribution in [-0.4, -0.2) is 129 Å². The maximum Gasteiger partial charge on any atom is 0.419 e. The molecule has 3 heterocycles. The summed E-state index contributed by atoms with van der Waals surface area (Å²) >= 11 is 5.67. The number of carbonyl (C=O) groups excluding carboxylic acids is 6. The monoisotopic (exact) mass is 1410 g/mol. The first kappa shape index (κ1) is 77.1. The first-order chi connectivity index (χ1) is 47.1. The van der Waals surface area contributed by atoms with E-state index in [-0.39, 0.29) is 85.3 Å². The number of pyridine rings is 3. The average Bonchev–Trinajstić information content (AvgIpc) is 0.812. The molecule has 100 heavy (non-hydrogen) atoms. The normalized spacial score (nSPS) is 10.8. The molecular weight excluding hydrogens is 1340 g/mol. The first-order valence-corrected chi connectivity index (χ1v) is 29.9. The van der Waals surface area contributed by atoms with E-state index in [2.05, 4.69) is 57.5 Å². The molecule has 21 nitrogen and oxygen atoms in total. The van der Waals surface area contributed by atoms with Crippen molar-refractivity contribution in [3.63, 3.8) is 0 Å². The van der Waals surface area contributed by atoms with Gasteiger partial charge in [0.2, 0.25) is 0 Å². The van der Waals surface area contributed by atoms with Crippen LogP contribution in [0.25, 0.3) is 0 Å². The molecule has 0 atom stereocenters. The summed E-state index contributed by atoms with van der Waals surface area (Å²) in [5, 5.41) is 21.1. The van der Waals surface area contributed by atoms with Crippen molar-refractivity contribution in [1.29, 1.82) is 0 Å². The molecule has 0 saturated heterocycles. The zero-order valence-corrected chi connectivity index (χ0v) is 55.6. The Morgan fingerprint density at radius 2 is 0.640 bits per heavy atom. The fourth-order valence-electron chi connectivity index (χ4n) is 8.76. The van der Waals surface area contributed by atoms with Crippen molar-refractivity contribution in [3.05, 3.63) is 238 Å². The van der Waals surface area contributed by atoms with E-state index in [1.54, 1.807) is 151 Å². The number of rotatable bonds is 16. The Kier molecular flexibility index (Phi) is 26.4. The van der Waals surface area contributed by atoms with E-state index in [0.717, 1.165) is 18.5 Å². The maximum absolute atomic E-state index is 13.6. The average molecular weight is 1410 g/mol. The molecule has 0 aliphatic heterocycles. The van der Waals surface area contributed by atoms with Crippen LogP contribution in [-0.2, 0) is 18.5 Å². The van der Waals surface area contributed by atoms with E-state index in [1.807, 2.05) is 0 Å². The molecule has 10 N–H and O–H groups in total. The second kappa shape index (κ2) is 34.3. The number of hydrogen-bond donors (Lipinski definition) is 9. The third-order valence-corrected chi connectivity index (χ3v) is 14.0. The third kappa shape index (κ3) is 21.5. The standard InChI is InChI=1S/2C23H22F3N5O2.C14H11ClF3N3O.C9H12N2O/c2*1-27-21(32)16-6-4-5-7-18(16)30-19-12-20(28-13-17(19)23(24,25)26)29-15-10-8-14(9-11-15)22(33)31(2)3;1-19-13(22)8-4-2-3-5-10(8)21-11-6-12(15)20-7-9(11)14(16,17)18;1-11(2)9(12)7-3-5-8(10)6-4-7/h2*4-13H,1-3H3,(H,27,32)(H2,28,29,30);2-7H,1H3,(H,19,22)(H,20,21);3-6H,10H2,1-2H3. The quantitative estimate of drug-likeness (QED) is 0.0247. The van der Waals surface area contributed by atoms with Crippen LogP contribution in [0.2, 0.25) is 5.15 Å². The fraction of sp³-hybridized carbons (Fsp3) is 0.174. The molecule has 6 amide bonds. The van der Waals surface area contributed by atoms with Crippen LogP contribution < -0.4 is 48.3 Å². The molecule has 0 saturated carbocycles. The summed E-state index contributed by atoms with van der Waals surface area (Å²) in [4.78, 5) is 86.9. The van der Waals surface area contributed by atoms with Crippen LogP contribution in [0.15, 0.2) is 182 Å². The smallest absolute Gasteiger partial charge is 0.399 e. The predicted octanol–water partition coefficient (Wildman–Crippen LogP) is 14.1. The van der Waals surface area contributed by atoms with Gasteiger partial charge in [-0.3, -0.25) is 28.8 Å². The lowest BCUT2D eigenvalue weighted by atomic mass is 10.1. The van der Waals surface area contributed by atoms with Crippen molar-refractivity contribution < 1.29 is 68.3 Å². The summed E-state index contributed by atoms with van der Waals surface area (Å²) in [6.07, 6.45) is -11.8. The minimum atomic E-state index is -4.66. The topological polar surface area (TPSA) is 273 Å². The minimum Gasteiger partial charge on any atom is -0.399 e. The maximum atomic E-state index is 13.6. The fourth-order valence-corrected chi connectivity index (χ4v) is 8.92. The van der Waals surface area contributed by atoms with E-state index >= 15 is 0 Å². The molecule has 0 radical (unpaired) electrons. The second-order valence-corrected chi connectivity index (χ2v) is 22.0. The molecule has 9 rings (SSSR count). The highest BCUT2D eigenvalue weighted by Crippen LogP contribution is 2.41. The molecule has 31 heteroatoms. The number of alkyl halides is 9. The van der Waals surface area contributed by atoms with Gasteiger partial charge in [-0.25, -0.2) is 15.0 Å².